The van der Waals surface area contributed by atoms with E-state index in [9.17, 15) is 4.79 Å². The summed E-state index contributed by atoms with van der Waals surface area (Å²) < 4.78 is 4.95. The summed E-state index contributed by atoms with van der Waals surface area (Å²) in [4.78, 5) is 13.8. The smallest absolute Gasteiger partial charge is 0.248 e. The van der Waals surface area contributed by atoms with E-state index >= 15 is 0 Å². The Morgan fingerprint density at radius 2 is 2.33 bits per heavy atom. The number of ether oxygens (including phenoxy) is 1. The van der Waals surface area contributed by atoms with E-state index in [2.05, 4.69) is 17.3 Å². The summed E-state index contributed by atoms with van der Waals surface area (Å²) in [5.74, 6) is -0.0172. The van der Waals surface area contributed by atoms with Gasteiger partial charge in [-0.15, -0.1) is 0 Å². The zero-order valence-corrected chi connectivity index (χ0v) is 9.95. The van der Waals surface area contributed by atoms with Crippen LogP contribution in [0, 0.1) is 0 Å². The predicted octanol–water partition coefficient (Wildman–Crippen LogP) is 0.622. The first-order valence-corrected chi connectivity index (χ1v) is 5.66. The molecule has 1 heterocycles. The molecular weight excluding hydrogens is 192 g/mol. The lowest BCUT2D eigenvalue weighted by molar-refractivity contribution is -0.130. The van der Waals surface area contributed by atoms with Crippen LogP contribution in [-0.4, -0.2) is 50.2 Å². The van der Waals surface area contributed by atoms with Gasteiger partial charge in [-0.2, -0.15) is 0 Å². The van der Waals surface area contributed by atoms with E-state index in [1.54, 1.807) is 14.0 Å². The van der Waals surface area contributed by atoms with Crippen LogP contribution in [-0.2, 0) is 9.53 Å². The maximum Gasteiger partial charge on any atom is 0.248 e. The Morgan fingerprint density at radius 3 is 2.93 bits per heavy atom. The van der Waals surface area contributed by atoms with Crippen molar-refractivity contribution in [1.29, 1.82) is 0 Å². The van der Waals surface area contributed by atoms with E-state index in [1.165, 1.54) is 19.3 Å². The summed E-state index contributed by atoms with van der Waals surface area (Å²) >= 11 is 0. The lowest BCUT2D eigenvalue weighted by Gasteiger charge is -2.32. The third-order valence-corrected chi connectivity index (χ3v) is 3.16. The second-order valence-corrected chi connectivity index (χ2v) is 4.25. The van der Waals surface area contributed by atoms with Crippen LogP contribution >= 0.6 is 0 Å². The number of hydrogen-bond acceptors (Lipinski definition) is 3. The lowest BCUT2D eigenvalue weighted by atomic mass is 10.0. The van der Waals surface area contributed by atoms with Crippen LogP contribution in [0.4, 0.5) is 0 Å². The monoisotopic (exact) mass is 214 g/mol. The van der Waals surface area contributed by atoms with Crippen molar-refractivity contribution in [1.82, 2.24) is 10.2 Å². The molecule has 0 aliphatic carbocycles. The Morgan fingerprint density at radius 1 is 1.60 bits per heavy atom. The van der Waals surface area contributed by atoms with Crippen molar-refractivity contribution in [2.75, 3.05) is 27.2 Å². The first kappa shape index (κ1) is 12.5. The molecule has 4 heteroatoms. The maximum absolute atomic E-state index is 11.5. The number of nitrogens with zero attached hydrogens (tertiary/aromatic N) is 1. The minimum Gasteiger partial charge on any atom is -0.372 e. The fourth-order valence-corrected chi connectivity index (χ4v) is 1.87. The molecule has 0 aromatic carbocycles. The molecule has 4 nitrogen and oxygen atoms in total. The molecule has 1 amide bonds. The molecular formula is C11H22N2O2. The van der Waals surface area contributed by atoms with Crippen molar-refractivity contribution >= 4 is 5.91 Å². The minimum absolute atomic E-state index is 0.0172. The van der Waals surface area contributed by atoms with Crippen molar-refractivity contribution in [2.24, 2.45) is 0 Å². The summed E-state index contributed by atoms with van der Waals surface area (Å²) in [5.41, 5.74) is 0. The van der Waals surface area contributed by atoms with Crippen molar-refractivity contribution in [3.05, 3.63) is 0 Å². The highest BCUT2D eigenvalue weighted by Gasteiger charge is 2.20. The van der Waals surface area contributed by atoms with Crippen LogP contribution in [0.5, 0.6) is 0 Å². The van der Waals surface area contributed by atoms with E-state index < -0.39 is 0 Å². The first-order valence-electron chi connectivity index (χ1n) is 5.66. The van der Waals surface area contributed by atoms with Gasteiger partial charge in [-0.3, -0.25) is 4.79 Å². The Balaban J connectivity index is 2.26. The van der Waals surface area contributed by atoms with Gasteiger partial charge in [-0.25, -0.2) is 0 Å². The zero-order valence-electron chi connectivity index (χ0n) is 9.95. The second-order valence-electron chi connectivity index (χ2n) is 4.25. The number of carbonyl (C=O) groups is 1. The Hall–Kier alpha value is -0.610. The van der Waals surface area contributed by atoms with Crippen molar-refractivity contribution in [3.8, 4) is 0 Å². The number of methoxy groups -OCH3 is 1. The molecule has 1 aliphatic heterocycles. The largest absolute Gasteiger partial charge is 0.372 e. The van der Waals surface area contributed by atoms with E-state index in [1.807, 2.05) is 0 Å². The van der Waals surface area contributed by atoms with Gasteiger partial charge in [0.15, 0.2) is 0 Å². The van der Waals surface area contributed by atoms with Crippen molar-refractivity contribution in [3.63, 3.8) is 0 Å². The number of likely N-dealkylation sites (N-methyl/N-ethyl adjacent to an activating group) is 1. The molecule has 0 bridgehead atoms. The van der Waals surface area contributed by atoms with Gasteiger partial charge in [-0.05, 0) is 33.4 Å². The second kappa shape index (κ2) is 6.08. The van der Waals surface area contributed by atoms with Crippen LogP contribution in [0.2, 0.25) is 0 Å². The average Bonchev–Trinajstić information content (AvgIpc) is 2.26. The predicted molar refractivity (Wildman–Crippen MR) is 59.7 cm³/mol. The standard InChI is InChI=1S/C11H22N2O2/c1-9(15-3)11(14)12-8-10-6-4-5-7-13(10)2/h9-10H,4-8H2,1-3H3,(H,12,14). The van der Waals surface area contributed by atoms with Crippen molar-refractivity contribution < 1.29 is 9.53 Å². The number of likely N-dealkylation sites (tertiary alicyclic amines) is 1. The number of hydrogen-bond donors (Lipinski definition) is 1. The van der Waals surface area contributed by atoms with Gasteiger partial charge in [0.2, 0.25) is 5.91 Å². The number of nitrogens with one attached hydrogen (secondary N) is 1. The summed E-state index contributed by atoms with van der Waals surface area (Å²) in [6.07, 6.45) is 3.37. The topological polar surface area (TPSA) is 41.6 Å². The van der Waals surface area contributed by atoms with Crippen LogP contribution < -0.4 is 5.32 Å². The Labute approximate surface area is 92.0 Å². The van der Waals surface area contributed by atoms with Gasteiger partial charge in [0.05, 0.1) is 0 Å². The third kappa shape index (κ3) is 3.80. The molecule has 88 valence electrons. The minimum atomic E-state index is -0.348. The summed E-state index contributed by atoms with van der Waals surface area (Å²) in [5, 5.41) is 2.93. The molecule has 1 fully saturated rings. The summed E-state index contributed by atoms with van der Waals surface area (Å²) in [6.45, 7) is 3.64. The quantitative estimate of drug-likeness (QED) is 0.746. The van der Waals surface area contributed by atoms with Crippen molar-refractivity contribution in [2.45, 2.75) is 38.3 Å². The van der Waals surface area contributed by atoms with Gasteiger partial charge in [0.1, 0.15) is 6.10 Å². The van der Waals surface area contributed by atoms with Crippen LogP contribution in [0.1, 0.15) is 26.2 Å². The highest BCUT2D eigenvalue weighted by Crippen LogP contribution is 2.13. The summed E-state index contributed by atoms with van der Waals surface area (Å²) in [6, 6.07) is 0.492. The average molecular weight is 214 g/mol. The molecule has 0 aromatic rings. The van der Waals surface area contributed by atoms with E-state index in [0.717, 1.165) is 13.1 Å². The van der Waals surface area contributed by atoms with Gasteiger partial charge < -0.3 is 15.0 Å². The summed E-state index contributed by atoms with van der Waals surface area (Å²) in [7, 11) is 3.67. The lowest BCUT2D eigenvalue weighted by Crippen LogP contribution is -2.46. The number of rotatable bonds is 4. The first-order chi connectivity index (χ1) is 7.15. The Kier molecular flexibility index (Phi) is 5.05. The number of amides is 1. The maximum atomic E-state index is 11.5. The third-order valence-electron chi connectivity index (χ3n) is 3.16. The molecule has 0 saturated carbocycles. The molecule has 1 saturated heterocycles. The Bertz CT molecular complexity index is 209. The molecule has 0 spiro atoms. The molecule has 1 rings (SSSR count). The van der Waals surface area contributed by atoms with Gasteiger partial charge in [-0.1, -0.05) is 6.42 Å². The number of carbonyl (C=O) groups excluding carboxylic acids is 1. The molecule has 1 aliphatic rings. The van der Waals surface area contributed by atoms with Crippen LogP contribution in [0.15, 0.2) is 0 Å². The highest BCUT2D eigenvalue weighted by atomic mass is 16.5. The van der Waals surface area contributed by atoms with Gasteiger partial charge >= 0.3 is 0 Å². The zero-order chi connectivity index (χ0) is 11.3. The van der Waals surface area contributed by atoms with Gasteiger partial charge in [0, 0.05) is 19.7 Å². The van der Waals surface area contributed by atoms with E-state index in [0.29, 0.717) is 6.04 Å². The fourth-order valence-electron chi connectivity index (χ4n) is 1.87. The molecule has 0 radical (unpaired) electrons. The fraction of sp³-hybridized carbons (Fsp3) is 0.909. The molecule has 1 N–H and O–H groups in total. The van der Waals surface area contributed by atoms with Crippen LogP contribution in [0.3, 0.4) is 0 Å². The molecule has 15 heavy (non-hydrogen) atoms. The number of piperidine rings is 1. The van der Waals surface area contributed by atoms with Gasteiger partial charge in [0.25, 0.3) is 0 Å². The normalized spacial score (nSPS) is 24.9. The molecule has 2 atom stereocenters. The highest BCUT2D eigenvalue weighted by molar-refractivity contribution is 5.80. The van der Waals surface area contributed by atoms with Crippen LogP contribution in [0.25, 0.3) is 0 Å². The van der Waals surface area contributed by atoms with E-state index in [4.69, 9.17) is 4.74 Å². The van der Waals surface area contributed by atoms with E-state index in [-0.39, 0.29) is 12.0 Å². The molecule has 2 unspecified atom stereocenters. The molecule has 0 aromatic heterocycles. The SMILES string of the molecule is COC(C)C(=O)NCC1CCCCN1C.